The van der Waals surface area contributed by atoms with Crippen LogP contribution >= 0.6 is 11.8 Å². The van der Waals surface area contributed by atoms with E-state index in [9.17, 15) is 0 Å². The van der Waals surface area contributed by atoms with Crippen LogP contribution in [-0.4, -0.2) is 5.25 Å². The number of hydrogen-bond donors (Lipinski definition) is 0. The van der Waals surface area contributed by atoms with Crippen molar-refractivity contribution in [1.82, 2.24) is 0 Å². The molecule has 2 aliphatic rings. The Labute approximate surface area is 70.8 Å². The predicted octanol–water partition coefficient (Wildman–Crippen LogP) is 2.48. The summed E-state index contributed by atoms with van der Waals surface area (Å²) in [5, 5.41) is 8.91. The smallest absolute Gasteiger partial charge is 0.0966 e. The van der Waals surface area contributed by atoms with E-state index in [1.54, 1.807) is 11.8 Å². The molecule has 0 aromatic carbocycles. The van der Waals surface area contributed by atoms with E-state index in [1.165, 1.54) is 4.91 Å². The highest BCUT2D eigenvalue weighted by molar-refractivity contribution is 8.04. The summed E-state index contributed by atoms with van der Waals surface area (Å²) in [7, 11) is 0. The minimum absolute atomic E-state index is 0.214. The first-order chi connectivity index (χ1) is 5.40. The Morgan fingerprint density at radius 3 is 3.27 bits per heavy atom. The van der Waals surface area contributed by atoms with Gasteiger partial charge in [0.15, 0.2) is 0 Å². The summed E-state index contributed by atoms with van der Waals surface area (Å²) < 4.78 is 0. The highest BCUT2D eigenvalue weighted by Crippen LogP contribution is 2.44. The van der Waals surface area contributed by atoms with Crippen molar-refractivity contribution >= 4 is 11.8 Å². The van der Waals surface area contributed by atoms with E-state index >= 15 is 0 Å². The molecule has 56 valence electrons. The van der Waals surface area contributed by atoms with Gasteiger partial charge in [0.25, 0.3) is 0 Å². The Bertz CT molecular complexity index is 259. The van der Waals surface area contributed by atoms with Crippen molar-refractivity contribution in [3.8, 4) is 6.07 Å². The summed E-state index contributed by atoms with van der Waals surface area (Å²) in [6, 6.07) is 2.31. The molecule has 11 heavy (non-hydrogen) atoms. The zero-order chi connectivity index (χ0) is 7.68. The molecule has 2 unspecified atom stereocenters. The molecule has 0 N–H and O–H groups in total. The fraction of sp³-hybridized carbons (Fsp3) is 0.444. The van der Waals surface area contributed by atoms with Crippen LogP contribution in [0.1, 0.15) is 12.8 Å². The third-order valence-corrected chi connectivity index (χ3v) is 3.46. The van der Waals surface area contributed by atoms with Crippen LogP contribution < -0.4 is 0 Å². The maximum Gasteiger partial charge on any atom is 0.0966 e. The van der Waals surface area contributed by atoms with Crippen molar-refractivity contribution in [1.29, 1.82) is 5.26 Å². The molecule has 0 amide bonds. The second-order valence-electron chi connectivity index (χ2n) is 2.90. The standard InChI is InChI=1S/C9H9NS/c10-6-8-5-7-3-1-2-4-9(7)11-8/h1-2,4,7-8H,3,5H2. The van der Waals surface area contributed by atoms with Crippen LogP contribution in [0.2, 0.25) is 0 Å². The molecule has 2 heteroatoms. The zero-order valence-corrected chi connectivity index (χ0v) is 6.97. The van der Waals surface area contributed by atoms with Crippen molar-refractivity contribution in [3.63, 3.8) is 0 Å². The number of rotatable bonds is 0. The molecule has 2 atom stereocenters. The van der Waals surface area contributed by atoms with Gasteiger partial charge >= 0.3 is 0 Å². The maximum atomic E-state index is 8.69. The van der Waals surface area contributed by atoms with Gasteiger partial charge in [0, 0.05) is 0 Å². The summed E-state index contributed by atoms with van der Waals surface area (Å²) in [5.74, 6) is 0.662. The average Bonchev–Trinajstić information content (AvgIpc) is 2.46. The lowest BCUT2D eigenvalue weighted by Gasteiger charge is -2.09. The molecule has 0 radical (unpaired) electrons. The Morgan fingerprint density at radius 2 is 2.55 bits per heavy atom. The van der Waals surface area contributed by atoms with Gasteiger partial charge in [0.05, 0.1) is 11.3 Å². The third kappa shape index (κ3) is 1.21. The van der Waals surface area contributed by atoms with Gasteiger partial charge in [-0.25, -0.2) is 0 Å². The van der Waals surface area contributed by atoms with Crippen molar-refractivity contribution in [3.05, 3.63) is 23.1 Å². The summed E-state index contributed by atoms with van der Waals surface area (Å²) in [4.78, 5) is 1.42. The quantitative estimate of drug-likeness (QED) is 0.547. The van der Waals surface area contributed by atoms with Gasteiger partial charge in [-0.3, -0.25) is 0 Å². The van der Waals surface area contributed by atoms with Crippen LogP contribution in [0.25, 0.3) is 0 Å². The van der Waals surface area contributed by atoms with Crippen LogP contribution in [0.5, 0.6) is 0 Å². The second-order valence-corrected chi connectivity index (χ2v) is 4.18. The SMILES string of the molecule is N#CC1CC2CC=CC=C2S1. The topological polar surface area (TPSA) is 23.8 Å². The van der Waals surface area contributed by atoms with E-state index in [0.29, 0.717) is 5.92 Å². The molecular formula is C9H9NS. The Morgan fingerprint density at radius 1 is 1.64 bits per heavy atom. The molecule has 0 spiro atoms. The molecule has 1 nitrogen and oxygen atoms in total. The number of thioether (sulfide) groups is 1. The lowest BCUT2D eigenvalue weighted by atomic mass is 9.96. The molecule has 1 aliphatic carbocycles. The normalized spacial score (nSPS) is 34.3. The zero-order valence-electron chi connectivity index (χ0n) is 6.16. The van der Waals surface area contributed by atoms with Crippen molar-refractivity contribution < 1.29 is 0 Å². The predicted molar refractivity (Wildman–Crippen MR) is 46.9 cm³/mol. The molecule has 0 bridgehead atoms. The van der Waals surface area contributed by atoms with Gasteiger partial charge < -0.3 is 0 Å². The highest BCUT2D eigenvalue weighted by Gasteiger charge is 2.29. The van der Waals surface area contributed by atoms with Crippen LogP contribution in [0.4, 0.5) is 0 Å². The lowest BCUT2D eigenvalue weighted by Crippen LogP contribution is -1.99. The van der Waals surface area contributed by atoms with Gasteiger partial charge in [-0.15, -0.1) is 11.8 Å². The molecular weight excluding hydrogens is 154 g/mol. The van der Waals surface area contributed by atoms with E-state index in [1.807, 2.05) is 0 Å². The number of nitrogens with zero attached hydrogens (tertiary/aromatic N) is 1. The Hall–Kier alpha value is -0.680. The van der Waals surface area contributed by atoms with Gasteiger partial charge in [-0.05, 0) is 23.7 Å². The first-order valence-electron chi connectivity index (χ1n) is 3.83. The largest absolute Gasteiger partial charge is 0.197 e. The number of allylic oxidation sites excluding steroid dienone is 4. The molecule has 0 saturated carbocycles. The molecule has 1 aliphatic heterocycles. The first kappa shape index (κ1) is 7.00. The molecule has 1 heterocycles. The fourth-order valence-electron chi connectivity index (χ4n) is 1.56. The van der Waals surface area contributed by atoms with Gasteiger partial charge in [-0.2, -0.15) is 5.26 Å². The minimum atomic E-state index is 0.214. The van der Waals surface area contributed by atoms with Crippen LogP contribution in [0, 0.1) is 17.2 Å². The average molecular weight is 163 g/mol. The summed E-state index contributed by atoms with van der Waals surface area (Å²) in [6.07, 6.45) is 8.62. The first-order valence-corrected chi connectivity index (χ1v) is 4.71. The van der Waals surface area contributed by atoms with E-state index in [4.69, 9.17) is 5.26 Å². The Balaban J connectivity index is 2.16. The molecule has 1 saturated heterocycles. The number of nitriles is 1. The van der Waals surface area contributed by atoms with E-state index in [2.05, 4.69) is 24.3 Å². The lowest BCUT2D eigenvalue weighted by molar-refractivity contribution is 0.625. The Kier molecular flexibility index (Phi) is 1.75. The fourth-order valence-corrected chi connectivity index (χ4v) is 2.81. The van der Waals surface area contributed by atoms with Crippen molar-refractivity contribution in [2.45, 2.75) is 18.1 Å². The minimum Gasteiger partial charge on any atom is -0.197 e. The highest BCUT2D eigenvalue weighted by atomic mass is 32.2. The molecule has 1 fully saturated rings. The molecule has 2 rings (SSSR count). The van der Waals surface area contributed by atoms with Crippen LogP contribution in [0.15, 0.2) is 23.1 Å². The van der Waals surface area contributed by atoms with E-state index in [-0.39, 0.29) is 5.25 Å². The van der Waals surface area contributed by atoms with Crippen molar-refractivity contribution in [2.75, 3.05) is 0 Å². The monoisotopic (exact) mass is 163 g/mol. The van der Waals surface area contributed by atoms with Gasteiger partial charge in [-0.1, -0.05) is 18.2 Å². The summed E-state index contributed by atoms with van der Waals surface area (Å²) >= 11 is 1.74. The number of fused-ring (bicyclic) bond motifs is 1. The second kappa shape index (κ2) is 2.75. The van der Waals surface area contributed by atoms with Gasteiger partial charge in [0.1, 0.15) is 0 Å². The van der Waals surface area contributed by atoms with E-state index in [0.717, 1.165) is 12.8 Å². The molecule has 0 aromatic heterocycles. The van der Waals surface area contributed by atoms with Gasteiger partial charge in [0.2, 0.25) is 0 Å². The third-order valence-electron chi connectivity index (χ3n) is 2.14. The van der Waals surface area contributed by atoms with E-state index < -0.39 is 0 Å². The summed E-state index contributed by atoms with van der Waals surface area (Å²) in [5.41, 5.74) is 0. The van der Waals surface area contributed by atoms with Crippen molar-refractivity contribution in [2.24, 2.45) is 5.92 Å². The van der Waals surface area contributed by atoms with Crippen LogP contribution in [0.3, 0.4) is 0 Å². The maximum absolute atomic E-state index is 8.69. The number of hydrogen-bond acceptors (Lipinski definition) is 2. The molecule has 0 aromatic rings. The van der Waals surface area contributed by atoms with Crippen LogP contribution in [-0.2, 0) is 0 Å². The summed E-state index contributed by atoms with van der Waals surface area (Å²) in [6.45, 7) is 0.